The van der Waals surface area contributed by atoms with Crippen LogP contribution in [0.15, 0.2) is 11.6 Å². The Kier molecular flexibility index (Phi) is 5.96. The van der Waals surface area contributed by atoms with Crippen molar-refractivity contribution in [2.24, 2.45) is 5.92 Å². The van der Waals surface area contributed by atoms with Crippen LogP contribution in [0.25, 0.3) is 0 Å². The van der Waals surface area contributed by atoms with Gasteiger partial charge in [-0.05, 0) is 32.7 Å². The van der Waals surface area contributed by atoms with E-state index in [2.05, 4.69) is 32.2 Å². The Morgan fingerprint density at radius 1 is 1.53 bits per heavy atom. The van der Waals surface area contributed by atoms with Gasteiger partial charge in [-0.3, -0.25) is 0 Å². The van der Waals surface area contributed by atoms with E-state index in [4.69, 9.17) is 4.74 Å². The van der Waals surface area contributed by atoms with Gasteiger partial charge in [-0.2, -0.15) is 0 Å². The van der Waals surface area contributed by atoms with E-state index in [1.54, 1.807) is 0 Å². The second-order valence-electron chi connectivity index (χ2n) is 4.76. The molecule has 15 heavy (non-hydrogen) atoms. The summed E-state index contributed by atoms with van der Waals surface area (Å²) in [4.78, 5) is 0. The molecule has 88 valence electrons. The van der Waals surface area contributed by atoms with Gasteiger partial charge < -0.3 is 10.1 Å². The third-order valence-electron chi connectivity index (χ3n) is 2.97. The van der Waals surface area contributed by atoms with Crippen LogP contribution in [0.4, 0.5) is 0 Å². The molecule has 1 atom stereocenters. The first-order chi connectivity index (χ1) is 7.20. The van der Waals surface area contributed by atoms with Gasteiger partial charge >= 0.3 is 0 Å². The van der Waals surface area contributed by atoms with E-state index in [0.717, 1.165) is 26.2 Å². The van der Waals surface area contributed by atoms with Crippen molar-refractivity contribution in [3.05, 3.63) is 11.6 Å². The number of nitrogens with one attached hydrogen (secondary N) is 1. The van der Waals surface area contributed by atoms with E-state index in [0.29, 0.717) is 12.0 Å². The summed E-state index contributed by atoms with van der Waals surface area (Å²) in [6, 6.07) is 0.594. The molecule has 1 rings (SSSR count). The summed E-state index contributed by atoms with van der Waals surface area (Å²) in [6.07, 6.45) is 6.04. The Bertz CT molecular complexity index is 193. The average molecular weight is 211 g/mol. The Morgan fingerprint density at radius 3 is 2.93 bits per heavy atom. The molecule has 1 aliphatic rings. The largest absolute Gasteiger partial charge is 0.381 e. The lowest BCUT2D eigenvalue weighted by Crippen LogP contribution is -2.23. The topological polar surface area (TPSA) is 21.3 Å². The minimum absolute atomic E-state index is 0.594. The van der Waals surface area contributed by atoms with Gasteiger partial charge in [0.2, 0.25) is 0 Å². The Hall–Kier alpha value is -0.340. The zero-order chi connectivity index (χ0) is 11.1. The predicted octanol–water partition coefficient (Wildman–Crippen LogP) is 2.75. The van der Waals surface area contributed by atoms with Crippen LogP contribution >= 0.6 is 0 Å². The molecule has 2 heteroatoms. The highest BCUT2D eigenvalue weighted by molar-refractivity contribution is 5.04. The first-order valence-corrected chi connectivity index (χ1v) is 6.18. The molecular formula is C13H25NO. The van der Waals surface area contributed by atoms with Crippen LogP contribution in [0.1, 0.15) is 40.0 Å². The van der Waals surface area contributed by atoms with Crippen molar-refractivity contribution >= 4 is 0 Å². The monoisotopic (exact) mass is 211 g/mol. The molecular weight excluding hydrogens is 186 g/mol. The van der Waals surface area contributed by atoms with Gasteiger partial charge in [0.1, 0.15) is 0 Å². The molecule has 0 spiro atoms. The van der Waals surface area contributed by atoms with Crippen LogP contribution in [-0.2, 0) is 4.74 Å². The van der Waals surface area contributed by atoms with Crippen molar-refractivity contribution in [1.29, 1.82) is 0 Å². The summed E-state index contributed by atoms with van der Waals surface area (Å²) in [6.45, 7) is 9.59. The van der Waals surface area contributed by atoms with Crippen LogP contribution in [0.5, 0.6) is 0 Å². The van der Waals surface area contributed by atoms with Gasteiger partial charge in [0, 0.05) is 18.6 Å². The van der Waals surface area contributed by atoms with Gasteiger partial charge in [0.25, 0.3) is 0 Å². The highest BCUT2D eigenvalue weighted by Crippen LogP contribution is 2.21. The maximum atomic E-state index is 5.49. The van der Waals surface area contributed by atoms with Crippen molar-refractivity contribution < 1.29 is 4.74 Å². The molecule has 1 fully saturated rings. The van der Waals surface area contributed by atoms with Crippen LogP contribution in [0.3, 0.4) is 0 Å². The van der Waals surface area contributed by atoms with E-state index in [-0.39, 0.29) is 0 Å². The van der Waals surface area contributed by atoms with Crippen molar-refractivity contribution in [3.63, 3.8) is 0 Å². The first-order valence-electron chi connectivity index (χ1n) is 6.18. The van der Waals surface area contributed by atoms with Crippen LogP contribution in [0, 0.1) is 5.92 Å². The lowest BCUT2D eigenvalue weighted by atomic mass is 9.94. The molecule has 0 bridgehead atoms. The fourth-order valence-corrected chi connectivity index (χ4v) is 1.94. The highest BCUT2D eigenvalue weighted by Gasteiger charge is 2.14. The lowest BCUT2D eigenvalue weighted by Gasteiger charge is -2.22. The molecule has 2 nitrogen and oxygen atoms in total. The minimum atomic E-state index is 0.594. The van der Waals surface area contributed by atoms with E-state index in [1.807, 2.05) is 0 Å². The van der Waals surface area contributed by atoms with E-state index in [9.17, 15) is 0 Å². The third kappa shape index (κ3) is 5.33. The van der Waals surface area contributed by atoms with Gasteiger partial charge in [0.15, 0.2) is 0 Å². The predicted molar refractivity (Wildman–Crippen MR) is 65.1 cm³/mol. The smallest absolute Gasteiger partial charge is 0.0531 e. The summed E-state index contributed by atoms with van der Waals surface area (Å²) in [5.41, 5.74) is 1.51. The minimum Gasteiger partial charge on any atom is -0.381 e. The quantitative estimate of drug-likeness (QED) is 0.557. The number of ether oxygens (including phenoxy) is 1. The molecule has 1 aliphatic heterocycles. The van der Waals surface area contributed by atoms with Gasteiger partial charge in [-0.15, -0.1) is 0 Å². The lowest BCUT2D eigenvalue weighted by molar-refractivity contribution is 0.0672. The zero-order valence-corrected chi connectivity index (χ0v) is 10.4. The van der Waals surface area contributed by atoms with Crippen molar-refractivity contribution in [2.45, 2.75) is 46.1 Å². The summed E-state index contributed by atoms with van der Waals surface area (Å²) in [5.74, 6) is 0.679. The SMILES string of the molecule is C/C(=C/CCNC(C)C)C1CCCOC1. The molecule has 0 radical (unpaired) electrons. The van der Waals surface area contributed by atoms with Crippen molar-refractivity contribution in [2.75, 3.05) is 19.8 Å². The van der Waals surface area contributed by atoms with Crippen LogP contribution < -0.4 is 5.32 Å². The maximum absolute atomic E-state index is 5.49. The maximum Gasteiger partial charge on any atom is 0.0531 e. The van der Waals surface area contributed by atoms with E-state index < -0.39 is 0 Å². The van der Waals surface area contributed by atoms with Crippen molar-refractivity contribution in [1.82, 2.24) is 5.32 Å². The van der Waals surface area contributed by atoms with Gasteiger partial charge in [0.05, 0.1) is 6.61 Å². The Labute approximate surface area is 94.1 Å². The normalized spacial score (nSPS) is 23.5. The Balaban J connectivity index is 2.19. The molecule has 0 aromatic rings. The summed E-state index contributed by atoms with van der Waals surface area (Å²) >= 11 is 0. The summed E-state index contributed by atoms with van der Waals surface area (Å²) in [7, 11) is 0. The number of hydrogen-bond acceptors (Lipinski definition) is 2. The van der Waals surface area contributed by atoms with Crippen LogP contribution in [-0.4, -0.2) is 25.8 Å². The van der Waals surface area contributed by atoms with Crippen LogP contribution in [0.2, 0.25) is 0 Å². The molecule has 1 saturated heterocycles. The van der Waals surface area contributed by atoms with Crippen molar-refractivity contribution in [3.8, 4) is 0 Å². The second-order valence-corrected chi connectivity index (χ2v) is 4.76. The Morgan fingerprint density at radius 2 is 2.33 bits per heavy atom. The zero-order valence-electron chi connectivity index (χ0n) is 10.4. The van der Waals surface area contributed by atoms with Gasteiger partial charge in [-0.25, -0.2) is 0 Å². The molecule has 0 aliphatic carbocycles. The number of rotatable bonds is 5. The highest BCUT2D eigenvalue weighted by atomic mass is 16.5. The molecule has 1 N–H and O–H groups in total. The summed E-state index contributed by atoms with van der Waals surface area (Å²) < 4.78 is 5.49. The summed E-state index contributed by atoms with van der Waals surface area (Å²) in [5, 5.41) is 3.43. The molecule has 0 amide bonds. The molecule has 0 saturated carbocycles. The molecule has 1 heterocycles. The molecule has 0 aromatic carbocycles. The fraction of sp³-hybridized carbons (Fsp3) is 0.846. The van der Waals surface area contributed by atoms with E-state index >= 15 is 0 Å². The number of hydrogen-bond donors (Lipinski definition) is 1. The second kappa shape index (κ2) is 7.02. The average Bonchev–Trinajstić information content (AvgIpc) is 2.25. The molecule has 1 unspecified atom stereocenters. The first kappa shape index (κ1) is 12.7. The third-order valence-corrected chi connectivity index (χ3v) is 2.97. The standard InChI is InChI=1S/C13H25NO/c1-11(2)14-8-4-6-12(3)13-7-5-9-15-10-13/h6,11,13-14H,4-5,7-10H2,1-3H3/b12-6-. The van der Waals surface area contributed by atoms with Gasteiger partial charge in [-0.1, -0.05) is 25.5 Å². The molecule has 0 aromatic heterocycles. The van der Waals surface area contributed by atoms with E-state index in [1.165, 1.54) is 18.4 Å². The fourth-order valence-electron chi connectivity index (χ4n) is 1.94.